The van der Waals surface area contributed by atoms with Gasteiger partial charge < -0.3 is 18.9 Å². The van der Waals surface area contributed by atoms with Gasteiger partial charge in [0.1, 0.15) is 6.61 Å². The molecule has 2 fully saturated rings. The summed E-state index contributed by atoms with van der Waals surface area (Å²) in [6.45, 7) is 10.2. The molecule has 1 aromatic heterocycles. The maximum Gasteiger partial charge on any atom is 0.328 e. The molecule has 2 saturated heterocycles. The quantitative estimate of drug-likeness (QED) is 0.319. The van der Waals surface area contributed by atoms with Crippen molar-refractivity contribution >= 4 is 16.0 Å². The number of benzene rings is 1. The summed E-state index contributed by atoms with van der Waals surface area (Å²) in [6, 6.07) is 12.1. The summed E-state index contributed by atoms with van der Waals surface area (Å²) in [5.74, 6) is 0.0974. The van der Waals surface area contributed by atoms with Gasteiger partial charge in [0.15, 0.2) is 4.75 Å². The molecule has 1 aromatic carbocycles. The van der Waals surface area contributed by atoms with Gasteiger partial charge in [0.25, 0.3) is 0 Å². The summed E-state index contributed by atoms with van der Waals surface area (Å²) >= 11 is 0. The number of aromatic nitrogens is 1. The van der Waals surface area contributed by atoms with E-state index in [0.29, 0.717) is 45.0 Å². The number of piperidine rings is 1. The van der Waals surface area contributed by atoms with Gasteiger partial charge in [-0.05, 0) is 63.6 Å². The van der Waals surface area contributed by atoms with Crippen molar-refractivity contribution in [1.82, 2.24) is 9.29 Å². The average molecular weight is 575 g/mol. The van der Waals surface area contributed by atoms with Gasteiger partial charge in [-0.2, -0.15) is 0 Å². The number of aryl methyl sites for hydroxylation is 1. The van der Waals surface area contributed by atoms with E-state index < -0.39 is 20.7 Å². The minimum absolute atomic E-state index is 0.119. The van der Waals surface area contributed by atoms with E-state index >= 15 is 0 Å². The first kappa shape index (κ1) is 30.4. The maximum absolute atomic E-state index is 13.7. The number of sulfonamides is 1. The lowest BCUT2D eigenvalue weighted by Gasteiger charge is -2.40. The van der Waals surface area contributed by atoms with E-state index in [4.69, 9.17) is 23.9 Å². The molecular formula is C30H42N2O7S. The van der Waals surface area contributed by atoms with E-state index in [1.165, 1.54) is 17.0 Å². The van der Waals surface area contributed by atoms with Crippen molar-refractivity contribution in [2.75, 3.05) is 46.6 Å². The number of hydrogen-bond donors (Lipinski definition) is 0. The van der Waals surface area contributed by atoms with Crippen molar-refractivity contribution in [3.8, 4) is 17.1 Å². The topological polar surface area (TPSA) is 104 Å². The molecule has 2 aromatic rings. The smallest absolute Gasteiger partial charge is 0.328 e. The average Bonchev–Trinajstić information content (AvgIpc) is 2.95. The number of esters is 1. The lowest BCUT2D eigenvalue weighted by Crippen LogP contribution is -2.57. The van der Waals surface area contributed by atoms with Crippen molar-refractivity contribution < 1.29 is 32.2 Å². The molecule has 9 nitrogen and oxygen atoms in total. The first-order valence-corrected chi connectivity index (χ1v) is 15.4. The first-order chi connectivity index (χ1) is 19.0. The van der Waals surface area contributed by atoms with Gasteiger partial charge in [-0.1, -0.05) is 24.3 Å². The number of rotatable bonds is 9. The van der Waals surface area contributed by atoms with Crippen molar-refractivity contribution in [3.05, 3.63) is 47.5 Å². The second-order valence-corrected chi connectivity index (χ2v) is 13.8. The third kappa shape index (κ3) is 6.67. The Balaban J connectivity index is 1.41. The van der Waals surface area contributed by atoms with E-state index in [9.17, 15) is 13.2 Å². The zero-order chi connectivity index (χ0) is 29.0. The summed E-state index contributed by atoms with van der Waals surface area (Å²) in [5.41, 5.74) is 3.93. The van der Waals surface area contributed by atoms with Gasteiger partial charge in [0.05, 0.1) is 25.0 Å². The highest BCUT2D eigenvalue weighted by Crippen LogP contribution is 2.38. The standard InChI is InChI=1S/C30H42N2O7S/c1-22-21-24(9-10-25(22)26-7-6-8-27(31-26)38-19-20-39-29(2,3)4)23-11-15-32(16-12-23)40(34,35)30(28(33)36-5)13-17-37-18-14-30/h6-10,21,23H,11-20H2,1-5H3. The Hall–Kier alpha value is -2.53. The van der Waals surface area contributed by atoms with E-state index in [2.05, 4.69) is 25.1 Å². The Morgan fingerprint density at radius 2 is 1.80 bits per heavy atom. The predicted octanol–water partition coefficient (Wildman–Crippen LogP) is 4.48. The van der Waals surface area contributed by atoms with Crippen LogP contribution in [0.4, 0.5) is 0 Å². The number of nitrogens with zero attached hydrogens (tertiary/aromatic N) is 2. The number of carbonyl (C=O) groups excluding carboxylic acids is 1. The molecule has 220 valence electrons. The molecule has 0 bridgehead atoms. The lowest BCUT2D eigenvalue weighted by molar-refractivity contribution is -0.146. The first-order valence-electron chi connectivity index (χ1n) is 14.0. The Bertz CT molecular complexity index is 1280. The minimum Gasteiger partial charge on any atom is -0.475 e. The third-order valence-corrected chi connectivity index (χ3v) is 10.3. The molecule has 0 aliphatic carbocycles. The summed E-state index contributed by atoms with van der Waals surface area (Å²) in [5, 5.41) is 0. The van der Waals surface area contributed by atoms with Crippen LogP contribution < -0.4 is 4.74 Å². The molecular weight excluding hydrogens is 532 g/mol. The fraction of sp³-hybridized carbons (Fsp3) is 0.600. The molecule has 2 aliphatic rings. The van der Waals surface area contributed by atoms with Gasteiger partial charge in [0, 0.05) is 50.8 Å². The molecule has 0 atom stereocenters. The van der Waals surface area contributed by atoms with Crippen molar-refractivity contribution in [1.29, 1.82) is 0 Å². The van der Waals surface area contributed by atoms with Crippen molar-refractivity contribution in [2.45, 2.75) is 69.6 Å². The fourth-order valence-corrected chi connectivity index (χ4v) is 7.66. The van der Waals surface area contributed by atoms with Crippen LogP contribution in [0.5, 0.6) is 5.88 Å². The molecule has 2 aliphatic heterocycles. The van der Waals surface area contributed by atoms with Crippen LogP contribution in [0.1, 0.15) is 63.5 Å². The lowest BCUT2D eigenvalue weighted by atomic mass is 9.88. The van der Waals surface area contributed by atoms with Gasteiger partial charge in [-0.3, -0.25) is 4.79 Å². The maximum atomic E-state index is 13.7. The minimum atomic E-state index is -3.88. The highest BCUT2D eigenvalue weighted by atomic mass is 32.2. The van der Waals surface area contributed by atoms with E-state index in [1.807, 2.05) is 39.0 Å². The normalized spacial score (nSPS) is 18.8. The van der Waals surface area contributed by atoms with Crippen LogP contribution in [-0.4, -0.2) is 80.7 Å². The number of ether oxygens (including phenoxy) is 4. The van der Waals surface area contributed by atoms with Crippen LogP contribution in [0.2, 0.25) is 0 Å². The predicted molar refractivity (Wildman–Crippen MR) is 153 cm³/mol. The van der Waals surface area contributed by atoms with E-state index in [-0.39, 0.29) is 37.6 Å². The van der Waals surface area contributed by atoms with Gasteiger partial charge in [-0.25, -0.2) is 17.7 Å². The molecule has 10 heteroatoms. The number of methoxy groups -OCH3 is 1. The highest BCUT2D eigenvalue weighted by Gasteiger charge is 2.55. The Kier molecular flexibility index (Phi) is 9.55. The molecule has 0 N–H and O–H groups in total. The number of hydrogen-bond acceptors (Lipinski definition) is 8. The zero-order valence-electron chi connectivity index (χ0n) is 24.3. The van der Waals surface area contributed by atoms with Crippen LogP contribution in [0.15, 0.2) is 36.4 Å². The Morgan fingerprint density at radius 3 is 2.42 bits per heavy atom. The van der Waals surface area contributed by atoms with Crippen LogP contribution in [0, 0.1) is 6.92 Å². The van der Waals surface area contributed by atoms with Gasteiger partial charge in [-0.15, -0.1) is 0 Å². The SMILES string of the molecule is COC(=O)C1(S(=O)(=O)N2CCC(c3ccc(-c4cccc(OCCOC(C)(C)C)n4)c(C)c3)CC2)CCOCC1. The highest BCUT2D eigenvalue weighted by molar-refractivity contribution is 7.91. The van der Waals surface area contributed by atoms with Crippen molar-refractivity contribution in [3.63, 3.8) is 0 Å². The molecule has 4 rings (SSSR count). The molecule has 3 heterocycles. The largest absolute Gasteiger partial charge is 0.475 e. The monoisotopic (exact) mass is 574 g/mol. The zero-order valence-corrected chi connectivity index (χ0v) is 25.1. The molecule has 0 spiro atoms. The second kappa shape index (κ2) is 12.5. The van der Waals surface area contributed by atoms with E-state index in [1.54, 1.807) is 0 Å². The fourth-order valence-electron chi connectivity index (χ4n) is 5.50. The van der Waals surface area contributed by atoms with Crippen LogP contribution in [-0.2, 0) is 29.0 Å². The van der Waals surface area contributed by atoms with Crippen molar-refractivity contribution in [2.24, 2.45) is 0 Å². The Morgan fingerprint density at radius 1 is 1.10 bits per heavy atom. The molecule has 0 saturated carbocycles. The summed E-state index contributed by atoms with van der Waals surface area (Å²) in [7, 11) is -2.64. The molecule has 0 amide bonds. The number of carbonyl (C=O) groups is 1. The van der Waals surface area contributed by atoms with Crippen LogP contribution in [0.3, 0.4) is 0 Å². The summed E-state index contributed by atoms with van der Waals surface area (Å²) in [4.78, 5) is 17.4. The summed E-state index contributed by atoms with van der Waals surface area (Å²) < 4.78 is 49.1. The number of pyridine rings is 1. The van der Waals surface area contributed by atoms with Gasteiger partial charge >= 0.3 is 5.97 Å². The summed E-state index contributed by atoms with van der Waals surface area (Å²) in [6.07, 6.45) is 1.61. The molecule has 0 radical (unpaired) electrons. The van der Waals surface area contributed by atoms with Crippen LogP contribution in [0.25, 0.3) is 11.3 Å². The molecule has 40 heavy (non-hydrogen) atoms. The Labute approximate surface area is 238 Å². The van der Waals surface area contributed by atoms with Crippen LogP contribution >= 0.6 is 0 Å². The van der Waals surface area contributed by atoms with E-state index in [0.717, 1.165) is 16.8 Å². The third-order valence-electron chi connectivity index (χ3n) is 7.74. The second-order valence-electron chi connectivity index (χ2n) is 11.5. The molecule has 0 unspecified atom stereocenters. The van der Waals surface area contributed by atoms with Gasteiger partial charge in [0.2, 0.25) is 15.9 Å².